The number of urea groups is 1. The van der Waals surface area contributed by atoms with Crippen molar-refractivity contribution in [2.24, 2.45) is 17.3 Å². The molecule has 5 atom stereocenters. The summed E-state index contributed by atoms with van der Waals surface area (Å²) in [7, 11) is 1.57. The first-order chi connectivity index (χ1) is 22.9. The number of rotatable bonds is 15. The third-order valence-corrected chi connectivity index (χ3v) is 9.14. The molecule has 0 radical (unpaired) electrons. The number of amides is 5. The highest BCUT2D eigenvalue weighted by molar-refractivity contribution is 6.38. The van der Waals surface area contributed by atoms with E-state index in [2.05, 4.69) is 27.8 Å². The summed E-state index contributed by atoms with van der Waals surface area (Å²) in [6.07, 6.45) is -3.88. The second-order valence-electron chi connectivity index (χ2n) is 14.2. The van der Waals surface area contributed by atoms with E-state index in [1.807, 2.05) is 52.0 Å². The maximum atomic E-state index is 14.4. The molecule has 5 amide bonds. The molecule has 11 nitrogen and oxygen atoms in total. The topological polar surface area (TPSA) is 146 Å². The summed E-state index contributed by atoms with van der Waals surface area (Å²) < 4.78 is 44.7. The molecule has 2 aliphatic rings. The second-order valence-corrected chi connectivity index (χ2v) is 14.2. The van der Waals surface area contributed by atoms with Crippen LogP contribution in [-0.4, -0.2) is 91.6 Å². The van der Waals surface area contributed by atoms with Crippen LogP contribution in [0.15, 0.2) is 36.9 Å². The van der Waals surface area contributed by atoms with Crippen LogP contribution in [-0.2, 0) is 36.8 Å². The van der Waals surface area contributed by atoms with Gasteiger partial charge in [-0.05, 0) is 60.5 Å². The molecule has 4 N–H and O–H groups in total. The van der Waals surface area contributed by atoms with E-state index in [1.165, 1.54) is 11.0 Å². The molecule has 0 saturated carbocycles. The number of alkyl halides is 3. The molecule has 1 aromatic rings. The fourth-order valence-electron chi connectivity index (χ4n) is 6.48. The van der Waals surface area contributed by atoms with Crippen molar-refractivity contribution in [3.63, 3.8) is 0 Å². The molecule has 1 fully saturated rings. The predicted octanol–water partition coefficient (Wildman–Crippen LogP) is 3.46. The lowest BCUT2D eigenvalue weighted by Crippen LogP contribution is -2.60. The summed E-state index contributed by atoms with van der Waals surface area (Å²) >= 11 is 0. The van der Waals surface area contributed by atoms with Gasteiger partial charge in [-0.25, -0.2) is 4.79 Å². The van der Waals surface area contributed by atoms with Crippen LogP contribution < -0.4 is 21.3 Å². The van der Waals surface area contributed by atoms with Crippen molar-refractivity contribution in [3.05, 3.63) is 48.0 Å². The lowest BCUT2D eigenvalue weighted by molar-refractivity contribution is -0.147. The van der Waals surface area contributed by atoms with E-state index >= 15 is 0 Å². The SMILES string of the molecule is C=CCNC(=O)C(=O)C(CCC(F)(F)F)NC(=O)C1C[C@@H](C)CN1C(=O)C(NC(=O)NC(CCOC)C(C)(C)C)C1Cc2ccccc2C1. The van der Waals surface area contributed by atoms with Gasteiger partial charge < -0.3 is 30.9 Å². The van der Waals surface area contributed by atoms with Crippen molar-refractivity contribution in [2.45, 2.75) is 96.6 Å². The summed E-state index contributed by atoms with van der Waals surface area (Å²) in [6, 6.07) is 2.95. The number of Topliss-reactive ketones (excluding diaryl/α,β-unsaturated/α-hetero) is 1. The molecule has 3 rings (SSSR count). The Morgan fingerprint density at radius 3 is 2.20 bits per heavy atom. The van der Waals surface area contributed by atoms with Crippen molar-refractivity contribution in [1.29, 1.82) is 0 Å². The van der Waals surface area contributed by atoms with Gasteiger partial charge in [0.05, 0.1) is 6.04 Å². The largest absolute Gasteiger partial charge is 0.389 e. The number of hydrogen-bond acceptors (Lipinski definition) is 6. The Hall–Kier alpha value is -3.94. The summed E-state index contributed by atoms with van der Waals surface area (Å²) in [6.45, 7) is 11.7. The monoisotopic (exact) mass is 693 g/mol. The van der Waals surface area contributed by atoms with Gasteiger partial charge in [0.1, 0.15) is 12.1 Å². The number of nitrogens with one attached hydrogen (secondary N) is 4. The smallest absolute Gasteiger partial charge is 0.385 e. The van der Waals surface area contributed by atoms with Gasteiger partial charge in [0.2, 0.25) is 17.6 Å². The molecule has 272 valence electrons. The zero-order valence-corrected chi connectivity index (χ0v) is 29.0. The van der Waals surface area contributed by atoms with Crippen LogP contribution in [0.4, 0.5) is 18.0 Å². The number of fused-ring (bicyclic) bond motifs is 1. The maximum absolute atomic E-state index is 14.4. The molecule has 0 bridgehead atoms. The van der Waals surface area contributed by atoms with E-state index in [0.717, 1.165) is 11.1 Å². The minimum Gasteiger partial charge on any atom is -0.385 e. The van der Waals surface area contributed by atoms with E-state index in [1.54, 1.807) is 7.11 Å². The average molecular weight is 694 g/mol. The Balaban J connectivity index is 1.87. The number of likely N-dealkylation sites (tertiary alicyclic amines) is 1. The van der Waals surface area contributed by atoms with Crippen molar-refractivity contribution >= 4 is 29.5 Å². The van der Waals surface area contributed by atoms with Crippen LogP contribution in [0.3, 0.4) is 0 Å². The van der Waals surface area contributed by atoms with E-state index in [-0.39, 0.29) is 42.8 Å². The van der Waals surface area contributed by atoms with E-state index in [4.69, 9.17) is 4.74 Å². The molecule has 0 spiro atoms. The highest BCUT2D eigenvalue weighted by Gasteiger charge is 2.45. The Morgan fingerprint density at radius 1 is 1.02 bits per heavy atom. The quantitative estimate of drug-likeness (QED) is 0.164. The average Bonchev–Trinajstić information content (AvgIpc) is 3.64. The standard InChI is InChI=1S/C35H50F3N5O6/c1-7-15-39-31(46)29(44)25(12-14-35(36,37)38)40-30(45)26-17-21(2)20-43(26)32(47)28(24-18-22-10-8-9-11-23(22)19-24)42-33(48)41-27(13-16-49-6)34(3,4)5/h7-11,21,24-28H,1,12-20H2,2-6H3,(H,39,46)(H,40,45)(H2,41,42,48)/t21-,25?,26?,27?,28?/m1/s1. The van der Waals surface area contributed by atoms with Gasteiger partial charge in [0, 0.05) is 39.3 Å². The van der Waals surface area contributed by atoms with Gasteiger partial charge in [-0.2, -0.15) is 13.2 Å². The summed E-state index contributed by atoms with van der Waals surface area (Å²) in [5.41, 5.74) is 1.77. The number of halogens is 3. The number of carbonyl (C=O) groups excluding carboxylic acids is 5. The number of methoxy groups -OCH3 is 1. The molecule has 1 aromatic carbocycles. The molecule has 1 heterocycles. The number of benzene rings is 1. The van der Waals surface area contributed by atoms with Crippen molar-refractivity contribution < 1.29 is 41.9 Å². The predicted molar refractivity (Wildman–Crippen MR) is 177 cm³/mol. The lowest BCUT2D eigenvalue weighted by atomic mass is 9.85. The van der Waals surface area contributed by atoms with Gasteiger partial charge in [-0.1, -0.05) is 58.0 Å². The third kappa shape index (κ3) is 11.3. The lowest BCUT2D eigenvalue weighted by Gasteiger charge is -2.34. The fourth-order valence-corrected chi connectivity index (χ4v) is 6.48. The Kier molecular flexibility index (Phi) is 13.8. The van der Waals surface area contributed by atoms with Crippen LogP contribution in [0, 0.1) is 17.3 Å². The summed E-state index contributed by atoms with van der Waals surface area (Å²) in [4.78, 5) is 68.2. The highest BCUT2D eigenvalue weighted by Crippen LogP contribution is 2.32. The first kappa shape index (κ1) is 39.5. The highest BCUT2D eigenvalue weighted by atomic mass is 19.4. The number of hydrogen-bond donors (Lipinski definition) is 4. The first-order valence-electron chi connectivity index (χ1n) is 16.7. The van der Waals surface area contributed by atoms with Crippen LogP contribution in [0.1, 0.15) is 64.5 Å². The van der Waals surface area contributed by atoms with Crippen LogP contribution in [0.25, 0.3) is 0 Å². The van der Waals surface area contributed by atoms with Crippen LogP contribution in [0.2, 0.25) is 0 Å². The van der Waals surface area contributed by atoms with Gasteiger partial charge >= 0.3 is 12.2 Å². The first-order valence-corrected chi connectivity index (χ1v) is 16.7. The molecule has 1 aliphatic carbocycles. The molecule has 4 unspecified atom stereocenters. The van der Waals surface area contributed by atoms with Gasteiger partial charge in [0.25, 0.3) is 5.91 Å². The second kappa shape index (κ2) is 17.1. The van der Waals surface area contributed by atoms with E-state index in [9.17, 15) is 37.1 Å². The van der Waals surface area contributed by atoms with Crippen molar-refractivity contribution in [1.82, 2.24) is 26.2 Å². The number of ether oxygens (including phenoxy) is 1. The minimum absolute atomic E-state index is 0.0944. The zero-order chi connectivity index (χ0) is 36.5. The van der Waals surface area contributed by atoms with E-state index < -0.39 is 66.7 Å². The molecule has 0 aromatic heterocycles. The van der Waals surface area contributed by atoms with Crippen LogP contribution >= 0.6 is 0 Å². The molecule has 49 heavy (non-hydrogen) atoms. The van der Waals surface area contributed by atoms with Gasteiger partial charge in [0.15, 0.2) is 0 Å². The van der Waals surface area contributed by atoms with Gasteiger partial charge in [-0.3, -0.25) is 19.2 Å². The minimum atomic E-state index is -4.64. The van der Waals surface area contributed by atoms with Crippen LogP contribution in [0.5, 0.6) is 0 Å². The Bertz CT molecular complexity index is 1340. The van der Waals surface area contributed by atoms with Crippen molar-refractivity contribution in [2.75, 3.05) is 26.8 Å². The summed E-state index contributed by atoms with van der Waals surface area (Å²) in [5, 5.41) is 10.5. The number of carbonyl (C=O) groups is 5. The number of ketones is 1. The Labute approximate surface area is 286 Å². The summed E-state index contributed by atoms with van der Waals surface area (Å²) in [5.74, 6) is -4.25. The molecule has 1 saturated heterocycles. The molecule has 1 aliphatic heterocycles. The molecular weight excluding hydrogens is 643 g/mol. The molecular formula is C35H50F3N5O6. The van der Waals surface area contributed by atoms with Crippen molar-refractivity contribution in [3.8, 4) is 0 Å². The van der Waals surface area contributed by atoms with E-state index in [0.29, 0.717) is 25.9 Å². The normalized spacial score (nSPS) is 19.7. The van der Waals surface area contributed by atoms with Gasteiger partial charge in [-0.15, -0.1) is 6.58 Å². The fraction of sp³-hybridized carbons (Fsp3) is 0.629. The number of nitrogens with zero attached hydrogens (tertiary/aromatic N) is 1. The third-order valence-electron chi connectivity index (χ3n) is 9.14. The zero-order valence-electron chi connectivity index (χ0n) is 29.0. The molecule has 14 heteroatoms. The Morgan fingerprint density at radius 2 is 1.65 bits per heavy atom. The maximum Gasteiger partial charge on any atom is 0.389 e.